The number of hydrogen-bond acceptors (Lipinski definition) is 0. The van der Waals surface area contributed by atoms with Crippen LogP contribution in [-0.2, 0) is 12.8 Å². The Balaban J connectivity index is 2.18. The van der Waals surface area contributed by atoms with Crippen LogP contribution in [-0.4, -0.2) is 5.33 Å². The molecule has 2 aromatic rings. The van der Waals surface area contributed by atoms with Crippen molar-refractivity contribution in [2.75, 3.05) is 5.33 Å². The average molecular weight is 367 g/mol. The van der Waals surface area contributed by atoms with Crippen molar-refractivity contribution in [2.24, 2.45) is 0 Å². The molecule has 0 aliphatic heterocycles. The largest absolute Gasteiger partial charge is 0.207 e. The number of unbranched alkanes of at least 4 members (excludes halogenated alkanes) is 2. The van der Waals surface area contributed by atoms with E-state index in [2.05, 4.69) is 22.9 Å². The van der Waals surface area contributed by atoms with E-state index in [0.29, 0.717) is 17.3 Å². The zero-order valence-corrected chi connectivity index (χ0v) is 14.4. The summed E-state index contributed by atoms with van der Waals surface area (Å²) in [6.07, 6.45) is 5.03. The number of alkyl halides is 1. The number of hydrogen-bond donors (Lipinski definition) is 0. The molecular weight excluding hydrogens is 346 g/mol. The summed E-state index contributed by atoms with van der Waals surface area (Å²) in [6.45, 7) is 2.19. The molecule has 0 aliphatic rings. The van der Waals surface area contributed by atoms with E-state index < -0.39 is 11.6 Å². The highest BCUT2D eigenvalue weighted by Crippen LogP contribution is 2.25. The molecule has 2 rings (SSSR count). The van der Waals surface area contributed by atoms with Crippen molar-refractivity contribution in [3.8, 4) is 11.1 Å². The van der Waals surface area contributed by atoms with Gasteiger partial charge in [0.1, 0.15) is 11.6 Å². The normalized spacial score (nSPS) is 10.9. The third-order valence-electron chi connectivity index (χ3n) is 3.84. The third kappa shape index (κ3) is 4.39. The zero-order chi connectivity index (χ0) is 15.9. The number of halogens is 3. The lowest BCUT2D eigenvalue weighted by Crippen LogP contribution is -1.98. The van der Waals surface area contributed by atoms with Crippen molar-refractivity contribution in [1.29, 1.82) is 0 Å². The topological polar surface area (TPSA) is 0 Å². The maximum absolute atomic E-state index is 14.0. The maximum atomic E-state index is 14.0. The van der Waals surface area contributed by atoms with Crippen molar-refractivity contribution in [3.63, 3.8) is 0 Å². The molecular formula is C19H21BrF2. The van der Waals surface area contributed by atoms with Crippen LogP contribution in [0, 0.1) is 11.6 Å². The first-order valence-electron chi connectivity index (χ1n) is 7.79. The van der Waals surface area contributed by atoms with Gasteiger partial charge in [-0.05, 0) is 48.1 Å². The van der Waals surface area contributed by atoms with Gasteiger partial charge in [0, 0.05) is 10.9 Å². The highest BCUT2D eigenvalue weighted by Gasteiger charge is 2.11. The van der Waals surface area contributed by atoms with Crippen LogP contribution < -0.4 is 0 Å². The SMILES string of the molecule is CCCCCc1ccc(-c2cc(F)c(CCBr)c(F)c2)cc1. The fourth-order valence-electron chi connectivity index (χ4n) is 2.55. The fourth-order valence-corrected chi connectivity index (χ4v) is 2.94. The Hall–Kier alpha value is -1.22. The van der Waals surface area contributed by atoms with Crippen LogP contribution in [0.2, 0.25) is 0 Å². The highest BCUT2D eigenvalue weighted by molar-refractivity contribution is 9.09. The van der Waals surface area contributed by atoms with Gasteiger partial charge >= 0.3 is 0 Å². The molecule has 0 saturated carbocycles. The van der Waals surface area contributed by atoms with Gasteiger partial charge in [-0.3, -0.25) is 0 Å². The smallest absolute Gasteiger partial charge is 0.129 e. The fraction of sp³-hybridized carbons (Fsp3) is 0.368. The van der Waals surface area contributed by atoms with Gasteiger partial charge < -0.3 is 0 Å². The standard InChI is InChI=1S/C19H21BrF2/c1-2-3-4-5-14-6-8-15(9-7-14)16-12-18(21)17(10-11-20)19(22)13-16/h6-9,12-13H,2-5,10-11H2,1H3. The summed E-state index contributed by atoms with van der Waals surface area (Å²) >= 11 is 3.22. The summed E-state index contributed by atoms with van der Waals surface area (Å²) in [5, 5.41) is 0.548. The summed E-state index contributed by atoms with van der Waals surface area (Å²) < 4.78 is 28.0. The molecule has 0 heterocycles. The van der Waals surface area contributed by atoms with Crippen LogP contribution in [0.25, 0.3) is 11.1 Å². The van der Waals surface area contributed by atoms with Gasteiger partial charge in [-0.25, -0.2) is 8.78 Å². The summed E-state index contributed by atoms with van der Waals surface area (Å²) in [5.74, 6) is -0.942. The Morgan fingerprint density at radius 3 is 2.05 bits per heavy atom. The van der Waals surface area contributed by atoms with Gasteiger partial charge in [0.25, 0.3) is 0 Å². The number of aryl methyl sites for hydroxylation is 1. The van der Waals surface area contributed by atoms with Crippen molar-refractivity contribution in [3.05, 3.63) is 59.2 Å². The molecule has 0 aliphatic carbocycles. The number of rotatable bonds is 7. The van der Waals surface area contributed by atoms with Gasteiger partial charge in [0.05, 0.1) is 0 Å². The summed E-state index contributed by atoms with van der Waals surface area (Å²) in [6, 6.07) is 10.8. The Kier molecular flexibility index (Phi) is 6.56. The van der Waals surface area contributed by atoms with Crippen LogP contribution in [0.3, 0.4) is 0 Å². The minimum Gasteiger partial charge on any atom is -0.207 e. The second-order valence-electron chi connectivity index (χ2n) is 5.51. The maximum Gasteiger partial charge on any atom is 0.129 e. The molecule has 118 valence electrons. The van der Waals surface area contributed by atoms with E-state index in [1.54, 1.807) is 0 Å². The molecule has 3 heteroatoms. The molecule has 0 unspecified atom stereocenters. The van der Waals surface area contributed by atoms with Crippen LogP contribution in [0.5, 0.6) is 0 Å². The average Bonchev–Trinajstić information content (AvgIpc) is 2.52. The van der Waals surface area contributed by atoms with E-state index in [4.69, 9.17) is 0 Å². The molecule has 0 amide bonds. The van der Waals surface area contributed by atoms with E-state index in [1.807, 2.05) is 24.3 Å². The van der Waals surface area contributed by atoms with Crippen LogP contribution in [0.1, 0.15) is 37.3 Å². The molecule has 0 nitrogen and oxygen atoms in total. The lowest BCUT2D eigenvalue weighted by Gasteiger charge is -2.08. The molecule has 0 aromatic heterocycles. The quantitative estimate of drug-likeness (QED) is 0.398. The Morgan fingerprint density at radius 1 is 0.864 bits per heavy atom. The van der Waals surface area contributed by atoms with E-state index in [9.17, 15) is 8.78 Å². The summed E-state index contributed by atoms with van der Waals surface area (Å²) in [4.78, 5) is 0. The molecule has 0 atom stereocenters. The molecule has 0 bridgehead atoms. The first kappa shape index (κ1) is 17.1. The van der Waals surface area contributed by atoms with E-state index >= 15 is 0 Å². The van der Waals surface area contributed by atoms with Gasteiger partial charge in [-0.2, -0.15) is 0 Å². The predicted octanol–water partition coefficient (Wildman–Crippen LogP) is 6.30. The molecule has 22 heavy (non-hydrogen) atoms. The van der Waals surface area contributed by atoms with E-state index in [0.717, 1.165) is 12.0 Å². The van der Waals surface area contributed by atoms with E-state index in [-0.39, 0.29) is 5.56 Å². The minimum atomic E-state index is -0.471. The second-order valence-corrected chi connectivity index (χ2v) is 6.30. The first-order chi connectivity index (χ1) is 10.7. The molecule has 0 fully saturated rings. The first-order valence-corrected chi connectivity index (χ1v) is 8.91. The van der Waals surface area contributed by atoms with E-state index in [1.165, 1.54) is 37.0 Å². The van der Waals surface area contributed by atoms with Crippen LogP contribution in [0.15, 0.2) is 36.4 Å². The Morgan fingerprint density at radius 2 is 1.50 bits per heavy atom. The summed E-state index contributed by atoms with van der Waals surface area (Å²) in [5.41, 5.74) is 2.86. The van der Waals surface area contributed by atoms with Gasteiger partial charge in [-0.15, -0.1) is 0 Å². The van der Waals surface area contributed by atoms with Crippen LogP contribution >= 0.6 is 15.9 Å². The van der Waals surface area contributed by atoms with Crippen molar-refractivity contribution in [1.82, 2.24) is 0 Å². The van der Waals surface area contributed by atoms with Crippen molar-refractivity contribution < 1.29 is 8.78 Å². The minimum absolute atomic E-state index is 0.150. The molecule has 0 N–H and O–H groups in total. The molecule has 0 spiro atoms. The lowest BCUT2D eigenvalue weighted by atomic mass is 9.99. The molecule has 2 aromatic carbocycles. The summed E-state index contributed by atoms with van der Waals surface area (Å²) in [7, 11) is 0. The Labute approximate surface area is 139 Å². The third-order valence-corrected chi connectivity index (χ3v) is 4.24. The lowest BCUT2D eigenvalue weighted by molar-refractivity contribution is 0.560. The molecule has 0 radical (unpaired) electrons. The second kappa shape index (κ2) is 8.42. The zero-order valence-electron chi connectivity index (χ0n) is 12.8. The van der Waals surface area contributed by atoms with Gasteiger partial charge in [0.15, 0.2) is 0 Å². The number of benzene rings is 2. The van der Waals surface area contributed by atoms with Gasteiger partial charge in [0.2, 0.25) is 0 Å². The Bertz CT molecular complexity index is 582. The van der Waals surface area contributed by atoms with Gasteiger partial charge in [-0.1, -0.05) is 60.0 Å². The van der Waals surface area contributed by atoms with Crippen molar-refractivity contribution in [2.45, 2.75) is 39.0 Å². The highest BCUT2D eigenvalue weighted by atomic mass is 79.9. The van der Waals surface area contributed by atoms with Crippen molar-refractivity contribution >= 4 is 15.9 Å². The van der Waals surface area contributed by atoms with Crippen LogP contribution in [0.4, 0.5) is 8.78 Å². The molecule has 0 saturated heterocycles. The monoisotopic (exact) mass is 366 g/mol. The predicted molar refractivity (Wildman–Crippen MR) is 92.5 cm³/mol.